The summed E-state index contributed by atoms with van der Waals surface area (Å²) in [6, 6.07) is 7.88. The average Bonchev–Trinajstić information content (AvgIpc) is 2.79. The lowest BCUT2D eigenvalue weighted by atomic mass is 10.1. The zero-order valence-corrected chi connectivity index (χ0v) is 19.8. The average molecular weight is 527 g/mol. The highest BCUT2D eigenvalue weighted by Crippen LogP contribution is 2.35. The molecule has 180 valence electrons. The molecule has 1 aromatic heterocycles. The van der Waals surface area contributed by atoms with E-state index in [1.807, 2.05) is 0 Å². The molecule has 0 bridgehead atoms. The molecule has 1 saturated heterocycles. The van der Waals surface area contributed by atoms with E-state index in [9.17, 15) is 26.7 Å². The number of ether oxygens (including phenoxy) is 1. The van der Waals surface area contributed by atoms with Crippen molar-refractivity contribution in [2.24, 2.45) is 5.14 Å². The fraction of sp³-hybridized carbons (Fsp3) is 0.200. The molecular weight excluding hydrogens is 508 g/mol. The van der Waals surface area contributed by atoms with Crippen molar-refractivity contribution in [2.75, 3.05) is 31.6 Å². The monoisotopic (exact) mass is 526 g/mol. The molecule has 4 N–H and O–H groups in total. The Morgan fingerprint density at radius 2 is 1.82 bits per heavy atom. The molecule has 0 atom stereocenters. The number of carboxylic acids is 1. The van der Waals surface area contributed by atoms with Gasteiger partial charge in [-0.15, -0.1) is 0 Å². The van der Waals surface area contributed by atoms with Crippen molar-refractivity contribution in [1.82, 2.24) is 9.29 Å². The van der Waals surface area contributed by atoms with E-state index in [-0.39, 0.29) is 48.1 Å². The topological polar surface area (TPSA) is 169 Å². The summed E-state index contributed by atoms with van der Waals surface area (Å²) in [5, 5.41) is 18.1. The van der Waals surface area contributed by atoms with Crippen molar-refractivity contribution in [1.29, 1.82) is 0 Å². The van der Waals surface area contributed by atoms with Gasteiger partial charge in [-0.25, -0.2) is 26.8 Å². The molecule has 2 aromatic carbocycles. The second kappa shape index (κ2) is 9.09. The number of halogens is 1. The third kappa shape index (κ3) is 4.85. The minimum atomic E-state index is -4.26. The van der Waals surface area contributed by atoms with Crippen LogP contribution in [0.2, 0.25) is 5.02 Å². The lowest BCUT2D eigenvalue weighted by molar-refractivity contribution is 0.0696. The Kier molecular flexibility index (Phi) is 6.50. The Morgan fingerprint density at radius 1 is 1.12 bits per heavy atom. The Labute approximate surface area is 200 Å². The van der Waals surface area contributed by atoms with Crippen LogP contribution in [-0.2, 0) is 24.8 Å². The molecule has 0 spiro atoms. The van der Waals surface area contributed by atoms with Gasteiger partial charge >= 0.3 is 5.97 Å². The molecule has 0 saturated carbocycles. The number of aromatic nitrogens is 1. The fourth-order valence-corrected chi connectivity index (χ4v) is 5.77. The Bertz CT molecular complexity index is 1500. The van der Waals surface area contributed by atoms with Crippen LogP contribution >= 0.6 is 11.6 Å². The molecule has 0 radical (unpaired) electrons. The number of hydrogen-bond donors (Lipinski definition) is 3. The number of anilines is 2. The van der Waals surface area contributed by atoms with E-state index in [0.717, 1.165) is 12.1 Å². The minimum absolute atomic E-state index is 0.00479. The number of nitrogens with zero attached hydrogens (tertiary/aromatic N) is 2. The maximum atomic E-state index is 13.5. The van der Waals surface area contributed by atoms with Gasteiger partial charge in [0.05, 0.1) is 34.9 Å². The first kappa shape index (κ1) is 24.3. The predicted octanol–water partition coefficient (Wildman–Crippen LogP) is 2.00. The first-order valence-corrected chi connectivity index (χ1v) is 13.2. The number of rotatable bonds is 6. The summed E-state index contributed by atoms with van der Waals surface area (Å²) in [4.78, 5) is 15.2. The number of morpholine rings is 1. The quantitative estimate of drug-likeness (QED) is 0.434. The Hall–Kier alpha value is -2.81. The summed E-state index contributed by atoms with van der Waals surface area (Å²) in [5.41, 5.74) is 0.105. The molecule has 34 heavy (non-hydrogen) atoms. The fourth-order valence-electron chi connectivity index (χ4n) is 3.50. The maximum absolute atomic E-state index is 13.5. The van der Waals surface area contributed by atoms with Gasteiger partial charge in [0.1, 0.15) is 4.90 Å². The van der Waals surface area contributed by atoms with Gasteiger partial charge in [0.15, 0.2) is 0 Å². The number of primary sulfonamides is 1. The van der Waals surface area contributed by atoms with Crippen LogP contribution < -0.4 is 10.5 Å². The van der Waals surface area contributed by atoms with Crippen LogP contribution in [-0.4, -0.2) is 63.5 Å². The highest BCUT2D eigenvalue weighted by molar-refractivity contribution is 7.89. The maximum Gasteiger partial charge on any atom is 0.335 e. The number of fused-ring (bicyclic) bond motifs is 1. The second-order valence-electron chi connectivity index (χ2n) is 7.40. The van der Waals surface area contributed by atoms with Crippen LogP contribution in [0.25, 0.3) is 10.9 Å². The van der Waals surface area contributed by atoms with Gasteiger partial charge in [0, 0.05) is 35.4 Å². The number of sulfonamides is 2. The van der Waals surface area contributed by atoms with E-state index >= 15 is 0 Å². The van der Waals surface area contributed by atoms with Crippen LogP contribution in [0.1, 0.15) is 10.4 Å². The molecular formula is C20H19ClN4O7S2. The number of aromatic carboxylic acids is 1. The largest absolute Gasteiger partial charge is 0.478 e. The molecule has 4 rings (SSSR count). The molecule has 2 heterocycles. The standard InChI is InChI=1S/C20H19ClN4O7S2/c21-13-1-2-17-16(9-13)19(18(11-23-17)34(30,31)25-3-5-32-6-4-25)24-14-7-12(20(26)27)8-15(10-14)33(22,28)29/h1-2,7-11H,3-6H2,(H,23,24)(H,26,27)(H2,22,28,29). The summed E-state index contributed by atoms with van der Waals surface area (Å²) >= 11 is 6.16. The molecule has 1 aliphatic heterocycles. The molecule has 11 nitrogen and oxygen atoms in total. The first-order valence-electron chi connectivity index (χ1n) is 9.81. The van der Waals surface area contributed by atoms with Crippen LogP contribution in [0, 0.1) is 0 Å². The molecule has 0 unspecified atom stereocenters. The number of carboxylic acid groups (broad SMARTS) is 1. The van der Waals surface area contributed by atoms with Crippen LogP contribution in [0.3, 0.4) is 0 Å². The lowest BCUT2D eigenvalue weighted by Gasteiger charge is -2.27. The zero-order valence-electron chi connectivity index (χ0n) is 17.4. The van der Waals surface area contributed by atoms with E-state index in [4.69, 9.17) is 21.5 Å². The van der Waals surface area contributed by atoms with Crippen molar-refractivity contribution in [3.8, 4) is 0 Å². The van der Waals surface area contributed by atoms with Crippen molar-refractivity contribution in [3.05, 3.63) is 53.2 Å². The second-order valence-corrected chi connectivity index (χ2v) is 11.3. The zero-order chi connectivity index (χ0) is 24.7. The highest BCUT2D eigenvalue weighted by atomic mass is 35.5. The number of pyridine rings is 1. The van der Waals surface area contributed by atoms with Crippen molar-refractivity contribution >= 4 is 59.9 Å². The van der Waals surface area contributed by atoms with Gasteiger partial charge in [0.2, 0.25) is 20.0 Å². The normalized spacial score (nSPS) is 15.4. The minimum Gasteiger partial charge on any atom is -0.478 e. The van der Waals surface area contributed by atoms with Gasteiger partial charge in [-0.05, 0) is 36.4 Å². The lowest BCUT2D eigenvalue weighted by Crippen LogP contribution is -2.40. The van der Waals surface area contributed by atoms with E-state index in [2.05, 4.69) is 10.3 Å². The molecule has 14 heteroatoms. The summed E-state index contributed by atoms with van der Waals surface area (Å²) in [5.74, 6) is -1.39. The summed E-state index contributed by atoms with van der Waals surface area (Å²) in [6.45, 7) is 0.735. The summed E-state index contributed by atoms with van der Waals surface area (Å²) in [7, 11) is -8.31. The molecule has 0 aliphatic carbocycles. The third-order valence-corrected chi connectivity index (χ3v) is 8.17. The number of carbonyl (C=O) groups is 1. The third-order valence-electron chi connectivity index (χ3n) is 5.13. The Morgan fingerprint density at radius 3 is 2.47 bits per heavy atom. The summed E-state index contributed by atoms with van der Waals surface area (Å²) in [6.07, 6.45) is 1.19. The Balaban J connectivity index is 1.94. The van der Waals surface area contributed by atoms with Gasteiger partial charge in [0.25, 0.3) is 0 Å². The highest BCUT2D eigenvalue weighted by Gasteiger charge is 2.30. The number of benzene rings is 2. The number of hydrogen-bond acceptors (Lipinski definition) is 8. The van der Waals surface area contributed by atoms with Crippen LogP contribution in [0.4, 0.5) is 11.4 Å². The molecule has 0 amide bonds. The van der Waals surface area contributed by atoms with E-state index in [1.54, 1.807) is 12.1 Å². The smallest absolute Gasteiger partial charge is 0.335 e. The van der Waals surface area contributed by atoms with E-state index in [1.165, 1.54) is 22.6 Å². The van der Waals surface area contributed by atoms with E-state index < -0.39 is 30.9 Å². The van der Waals surface area contributed by atoms with Gasteiger partial charge in [-0.2, -0.15) is 4.31 Å². The predicted molar refractivity (Wildman–Crippen MR) is 124 cm³/mol. The van der Waals surface area contributed by atoms with Crippen molar-refractivity contribution in [3.63, 3.8) is 0 Å². The van der Waals surface area contributed by atoms with Gasteiger partial charge in [-0.1, -0.05) is 11.6 Å². The molecule has 1 aliphatic rings. The number of nitrogens with two attached hydrogens (primary N) is 1. The van der Waals surface area contributed by atoms with E-state index in [0.29, 0.717) is 15.9 Å². The molecule has 1 fully saturated rings. The first-order chi connectivity index (χ1) is 16.0. The summed E-state index contributed by atoms with van der Waals surface area (Å²) < 4.78 is 57.3. The van der Waals surface area contributed by atoms with Crippen LogP contribution in [0.15, 0.2) is 52.4 Å². The number of nitrogens with one attached hydrogen (secondary N) is 1. The SMILES string of the molecule is NS(=O)(=O)c1cc(Nc2c(S(=O)(=O)N3CCOCC3)cnc3ccc(Cl)cc23)cc(C(=O)O)c1. The van der Waals surface area contributed by atoms with Gasteiger partial charge < -0.3 is 15.2 Å². The molecule has 3 aromatic rings. The van der Waals surface area contributed by atoms with Crippen LogP contribution in [0.5, 0.6) is 0 Å². The van der Waals surface area contributed by atoms with Gasteiger partial charge in [-0.3, -0.25) is 4.98 Å². The van der Waals surface area contributed by atoms with Crippen molar-refractivity contribution < 1.29 is 31.5 Å². The van der Waals surface area contributed by atoms with Crippen molar-refractivity contribution in [2.45, 2.75) is 9.79 Å².